The summed E-state index contributed by atoms with van der Waals surface area (Å²) in [6.45, 7) is 5.47. The van der Waals surface area contributed by atoms with E-state index in [1.54, 1.807) is 18.2 Å². The number of fused-ring (bicyclic) bond motifs is 3. The maximum absolute atomic E-state index is 12.0. The highest BCUT2D eigenvalue weighted by molar-refractivity contribution is 5.99. The average molecular weight is 378 g/mol. The van der Waals surface area contributed by atoms with Gasteiger partial charge in [0.2, 0.25) is 0 Å². The predicted octanol–water partition coefficient (Wildman–Crippen LogP) is 4.20. The van der Waals surface area contributed by atoms with Gasteiger partial charge in [0.15, 0.2) is 5.65 Å². The normalized spacial score (nSPS) is 15.6. The van der Waals surface area contributed by atoms with Crippen molar-refractivity contribution in [3.8, 4) is 17.0 Å². The van der Waals surface area contributed by atoms with Crippen LogP contribution in [0.1, 0.15) is 38.4 Å². The Morgan fingerprint density at radius 3 is 2.75 bits per heavy atom. The van der Waals surface area contributed by atoms with Crippen molar-refractivity contribution >= 4 is 22.8 Å². The van der Waals surface area contributed by atoms with Crippen LogP contribution in [0.25, 0.3) is 22.3 Å². The van der Waals surface area contributed by atoms with Crippen molar-refractivity contribution in [3.63, 3.8) is 0 Å². The second-order valence-electron chi connectivity index (χ2n) is 7.93. The van der Waals surface area contributed by atoms with Crippen molar-refractivity contribution in [1.82, 2.24) is 15.2 Å². The Labute approximate surface area is 162 Å². The number of ether oxygens (including phenoxy) is 1. The van der Waals surface area contributed by atoms with Crippen molar-refractivity contribution < 1.29 is 14.6 Å². The highest BCUT2D eigenvalue weighted by atomic mass is 16.6. The molecule has 0 radical (unpaired) electrons. The number of H-pyrrole nitrogens is 1. The summed E-state index contributed by atoms with van der Waals surface area (Å²) in [6, 6.07) is 8.96. The number of phenols is 1. The summed E-state index contributed by atoms with van der Waals surface area (Å²) in [5.41, 5.74) is 4.31. The summed E-state index contributed by atoms with van der Waals surface area (Å²) in [5, 5.41) is 19.6. The third-order valence-corrected chi connectivity index (χ3v) is 4.62. The highest BCUT2D eigenvalue weighted by Crippen LogP contribution is 2.32. The molecule has 2 aromatic heterocycles. The van der Waals surface area contributed by atoms with Gasteiger partial charge in [0.25, 0.3) is 0 Å². The molecule has 28 heavy (non-hydrogen) atoms. The third kappa shape index (κ3) is 3.60. The molecule has 0 atom stereocenters. The molecule has 0 saturated heterocycles. The molecule has 1 amide bonds. The van der Waals surface area contributed by atoms with Crippen LogP contribution < -0.4 is 0 Å². The van der Waals surface area contributed by atoms with Crippen molar-refractivity contribution in [1.29, 1.82) is 0 Å². The molecule has 0 unspecified atom stereocenters. The quantitative estimate of drug-likeness (QED) is 0.661. The predicted molar refractivity (Wildman–Crippen MR) is 107 cm³/mol. The van der Waals surface area contributed by atoms with E-state index < -0.39 is 11.7 Å². The molecule has 4 rings (SSSR count). The lowest BCUT2D eigenvalue weighted by atomic mass is 9.94. The van der Waals surface area contributed by atoms with Crippen LogP contribution in [-0.2, 0) is 17.6 Å². The van der Waals surface area contributed by atoms with E-state index in [9.17, 15) is 9.90 Å². The van der Waals surface area contributed by atoms with Gasteiger partial charge < -0.3 is 14.8 Å². The molecule has 0 spiro atoms. The number of rotatable bonds is 1. The topological polar surface area (TPSA) is 100 Å². The van der Waals surface area contributed by atoms with Crippen molar-refractivity contribution in [2.24, 2.45) is 4.99 Å². The number of hydrogen-bond acceptors (Lipinski definition) is 5. The SMILES string of the molecule is CC(C)(C)OC(=O)/N=C1\CCc2[nH]c3nnc(-c4ccccc4O)cc3c2C1. The van der Waals surface area contributed by atoms with Gasteiger partial charge in [-0.1, -0.05) is 12.1 Å². The van der Waals surface area contributed by atoms with Crippen LogP contribution in [0.3, 0.4) is 0 Å². The van der Waals surface area contributed by atoms with Gasteiger partial charge in [-0.25, -0.2) is 4.79 Å². The number of aromatic nitrogens is 3. The first kappa shape index (κ1) is 18.2. The van der Waals surface area contributed by atoms with Gasteiger partial charge in [0.1, 0.15) is 11.4 Å². The minimum atomic E-state index is -0.566. The van der Waals surface area contributed by atoms with Gasteiger partial charge in [0, 0.05) is 28.8 Å². The van der Waals surface area contributed by atoms with Crippen LogP contribution >= 0.6 is 0 Å². The van der Waals surface area contributed by atoms with Gasteiger partial charge in [-0.3, -0.25) is 0 Å². The Morgan fingerprint density at radius 1 is 1.21 bits per heavy atom. The number of nitrogens with zero attached hydrogens (tertiary/aromatic N) is 3. The Morgan fingerprint density at radius 2 is 2.00 bits per heavy atom. The maximum Gasteiger partial charge on any atom is 0.434 e. The lowest BCUT2D eigenvalue weighted by Crippen LogP contribution is -2.23. The van der Waals surface area contributed by atoms with Crippen LogP contribution in [0, 0.1) is 0 Å². The van der Waals surface area contributed by atoms with E-state index in [2.05, 4.69) is 20.2 Å². The van der Waals surface area contributed by atoms with E-state index in [0.29, 0.717) is 29.7 Å². The molecular weight excluding hydrogens is 356 g/mol. The number of carbonyl (C=O) groups is 1. The van der Waals surface area contributed by atoms with Crippen LogP contribution in [0.2, 0.25) is 0 Å². The maximum atomic E-state index is 12.0. The Bertz CT molecular complexity index is 1090. The fraction of sp³-hybridized carbons (Fsp3) is 0.333. The number of para-hydroxylation sites is 1. The van der Waals surface area contributed by atoms with Gasteiger partial charge in [-0.05, 0) is 57.4 Å². The number of aromatic hydroxyl groups is 1. The van der Waals surface area contributed by atoms with E-state index in [-0.39, 0.29) is 5.75 Å². The minimum absolute atomic E-state index is 0.160. The van der Waals surface area contributed by atoms with Crippen LogP contribution in [0.5, 0.6) is 5.75 Å². The summed E-state index contributed by atoms with van der Waals surface area (Å²) in [4.78, 5) is 19.5. The zero-order valence-corrected chi connectivity index (χ0v) is 16.1. The smallest absolute Gasteiger partial charge is 0.434 e. The summed E-state index contributed by atoms with van der Waals surface area (Å²) in [5.74, 6) is 0.160. The van der Waals surface area contributed by atoms with Crippen molar-refractivity contribution in [3.05, 3.63) is 41.6 Å². The molecular formula is C21H22N4O3. The standard InChI is InChI=1S/C21H22N4O3/c1-21(2,3)28-20(27)22-12-8-9-16-14(10-12)15-11-17(24-25-19(15)23-16)13-6-4-5-7-18(13)26/h4-7,11,26H,8-10H2,1-3H3,(H,23,25)/b22-12+. The number of aliphatic imine (C=N–C) groups is 1. The third-order valence-electron chi connectivity index (χ3n) is 4.62. The second-order valence-corrected chi connectivity index (χ2v) is 7.93. The van der Waals surface area contributed by atoms with E-state index in [1.165, 1.54) is 0 Å². The summed E-state index contributed by atoms with van der Waals surface area (Å²) >= 11 is 0. The van der Waals surface area contributed by atoms with Crippen molar-refractivity contribution in [2.75, 3.05) is 0 Å². The van der Waals surface area contributed by atoms with Crippen LogP contribution in [0.15, 0.2) is 35.3 Å². The van der Waals surface area contributed by atoms with Gasteiger partial charge in [0.05, 0.1) is 5.69 Å². The Kier molecular flexibility index (Phi) is 4.37. The summed E-state index contributed by atoms with van der Waals surface area (Å²) < 4.78 is 5.30. The zero-order chi connectivity index (χ0) is 19.9. The summed E-state index contributed by atoms with van der Waals surface area (Å²) in [7, 11) is 0. The number of aromatic amines is 1. The van der Waals surface area contributed by atoms with E-state index in [1.807, 2.05) is 32.9 Å². The zero-order valence-electron chi connectivity index (χ0n) is 16.1. The average Bonchev–Trinajstić information content (AvgIpc) is 2.98. The molecule has 0 bridgehead atoms. The molecule has 2 heterocycles. The molecule has 0 aliphatic heterocycles. The molecule has 0 fully saturated rings. The molecule has 7 heteroatoms. The van der Waals surface area contributed by atoms with Gasteiger partial charge in [-0.15, -0.1) is 10.2 Å². The van der Waals surface area contributed by atoms with Crippen molar-refractivity contribution in [2.45, 2.75) is 45.6 Å². The molecule has 7 nitrogen and oxygen atoms in total. The molecule has 144 valence electrons. The lowest BCUT2D eigenvalue weighted by Gasteiger charge is -2.19. The molecule has 2 N–H and O–H groups in total. The van der Waals surface area contributed by atoms with E-state index >= 15 is 0 Å². The largest absolute Gasteiger partial charge is 0.507 e. The molecule has 1 aromatic carbocycles. The van der Waals surface area contributed by atoms with Crippen LogP contribution in [-0.4, -0.2) is 37.7 Å². The van der Waals surface area contributed by atoms with Gasteiger partial charge in [-0.2, -0.15) is 4.99 Å². The molecule has 0 saturated carbocycles. The highest BCUT2D eigenvalue weighted by Gasteiger charge is 2.23. The minimum Gasteiger partial charge on any atom is -0.507 e. The fourth-order valence-electron chi connectivity index (χ4n) is 3.40. The number of carbonyl (C=O) groups excluding carboxylic acids is 1. The van der Waals surface area contributed by atoms with E-state index in [4.69, 9.17) is 4.74 Å². The number of amides is 1. The summed E-state index contributed by atoms with van der Waals surface area (Å²) in [6.07, 6.45) is 1.44. The number of nitrogens with one attached hydrogen (secondary N) is 1. The molecule has 1 aliphatic rings. The fourth-order valence-corrected chi connectivity index (χ4v) is 3.40. The number of hydrogen-bond donors (Lipinski definition) is 2. The monoisotopic (exact) mass is 378 g/mol. The molecule has 3 aromatic rings. The first-order valence-corrected chi connectivity index (χ1v) is 9.25. The number of phenolic OH excluding ortho intramolecular Hbond substituents is 1. The van der Waals surface area contributed by atoms with E-state index in [0.717, 1.165) is 28.8 Å². The molecule has 1 aliphatic carbocycles. The first-order chi connectivity index (χ1) is 13.3. The lowest BCUT2D eigenvalue weighted by molar-refractivity contribution is 0.0603. The number of aryl methyl sites for hydroxylation is 1. The first-order valence-electron chi connectivity index (χ1n) is 9.25. The number of benzene rings is 1. The Balaban J connectivity index is 1.69. The van der Waals surface area contributed by atoms with Crippen LogP contribution in [0.4, 0.5) is 4.79 Å². The Hall–Kier alpha value is -3.22. The van der Waals surface area contributed by atoms with Gasteiger partial charge >= 0.3 is 6.09 Å². The second kappa shape index (κ2) is 6.74.